The predicted molar refractivity (Wildman–Crippen MR) is 54.6 cm³/mol. The molecule has 0 amide bonds. The van der Waals surface area contributed by atoms with Crippen LogP contribution in [0.15, 0.2) is 18.2 Å². The highest BCUT2D eigenvalue weighted by Gasteiger charge is 2.18. The van der Waals surface area contributed by atoms with Crippen molar-refractivity contribution in [3.8, 4) is 12.1 Å². The molecule has 1 aromatic carbocycles. The monoisotopic (exact) mass is 184 g/mol. The largest absolute Gasteiger partial charge is 0.192 e. The second kappa shape index (κ2) is 3.52. The van der Waals surface area contributed by atoms with Gasteiger partial charge in [0, 0.05) is 0 Å². The zero-order valence-electron chi connectivity index (χ0n) is 8.63. The molecular weight excluding hydrogens is 172 g/mol. The Labute approximate surface area is 84.4 Å². The van der Waals surface area contributed by atoms with E-state index in [1.54, 1.807) is 18.2 Å². The summed E-state index contributed by atoms with van der Waals surface area (Å²) in [5, 5.41) is 17.7. The van der Waals surface area contributed by atoms with Crippen LogP contribution >= 0.6 is 0 Å². The highest BCUT2D eigenvalue weighted by atomic mass is 14.3. The molecule has 0 heterocycles. The first-order valence-electron chi connectivity index (χ1n) is 4.44. The van der Waals surface area contributed by atoms with Crippen LogP contribution in [-0.2, 0) is 5.41 Å². The molecule has 2 nitrogen and oxygen atoms in total. The molecule has 0 atom stereocenters. The molecule has 0 fully saturated rings. The van der Waals surface area contributed by atoms with Crippen LogP contribution in [0.4, 0.5) is 0 Å². The molecule has 2 heteroatoms. The lowest BCUT2D eigenvalue weighted by Crippen LogP contribution is -2.13. The molecule has 0 radical (unpaired) electrons. The van der Waals surface area contributed by atoms with E-state index < -0.39 is 0 Å². The molecule has 0 saturated heterocycles. The normalized spacial score (nSPS) is 10.4. The first-order valence-corrected chi connectivity index (χ1v) is 4.44. The third-order valence-electron chi connectivity index (χ3n) is 2.08. The molecule has 0 spiro atoms. The molecule has 0 saturated carbocycles. The fraction of sp³-hybridized carbons (Fsp3) is 0.333. The molecule has 1 rings (SSSR count). The number of benzene rings is 1. The number of hydrogen-bond acceptors (Lipinski definition) is 2. The summed E-state index contributed by atoms with van der Waals surface area (Å²) in [6, 6.07) is 9.40. The van der Waals surface area contributed by atoms with Gasteiger partial charge in [-0.15, -0.1) is 0 Å². The van der Waals surface area contributed by atoms with Crippen molar-refractivity contribution in [1.29, 1.82) is 10.5 Å². The van der Waals surface area contributed by atoms with Gasteiger partial charge in [0.05, 0.1) is 23.3 Å². The first kappa shape index (κ1) is 10.3. The standard InChI is InChI=1S/C12H12N2/c1-12(2,3)11-6-9(7-13)4-5-10(11)8-14/h4-6H,1-3H3. The van der Waals surface area contributed by atoms with Gasteiger partial charge in [0.15, 0.2) is 0 Å². The number of rotatable bonds is 0. The second-order valence-corrected chi connectivity index (χ2v) is 4.23. The van der Waals surface area contributed by atoms with Crippen LogP contribution < -0.4 is 0 Å². The smallest absolute Gasteiger partial charge is 0.0994 e. The molecule has 70 valence electrons. The Bertz CT molecular complexity index is 425. The molecule has 0 N–H and O–H groups in total. The van der Waals surface area contributed by atoms with Gasteiger partial charge < -0.3 is 0 Å². The van der Waals surface area contributed by atoms with Gasteiger partial charge in [-0.25, -0.2) is 0 Å². The van der Waals surface area contributed by atoms with E-state index >= 15 is 0 Å². The summed E-state index contributed by atoms with van der Waals surface area (Å²) in [6.45, 7) is 6.10. The minimum Gasteiger partial charge on any atom is -0.192 e. The second-order valence-electron chi connectivity index (χ2n) is 4.23. The maximum atomic E-state index is 8.91. The molecule has 0 bridgehead atoms. The summed E-state index contributed by atoms with van der Waals surface area (Å²) >= 11 is 0. The van der Waals surface area contributed by atoms with Crippen molar-refractivity contribution < 1.29 is 0 Å². The summed E-state index contributed by atoms with van der Waals surface area (Å²) in [7, 11) is 0. The maximum absolute atomic E-state index is 8.91. The Morgan fingerprint density at radius 1 is 1.07 bits per heavy atom. The van der Waals surface area contributed by atoms with Gasteiger partial charge in [0.1, 0.15) is 0 Å². The van der Waals surface area contributed by atoms with Crippen molar-refractivity contribution in [2.24, 2.45) is 0 Å². The molecule has 1 aromatic rings. The van der Waals surface area contributed by atoms with Crippen molar-refractivity contribution in [2.45, 2.75) is 26.2 Å². The van der Waals surface area contributed by atoms with Gasteiger partial charge in [0.2, 0.25) is 0 Å². The topological polar surface area (TPSA) is 47.6 Å². The molecule has 0 aliphatic rings. The fourth-order valence-corrected chi connectivity index (χ4v) is 1.33. The Morgan fingerprint density at radius 3 is 2.14 bits per heavy atom. The van der Waals surface area contributed by atoms with E-state index in [0.29, 0.717) is 11.1 Å². The molecule has 0 aliphatic heterocycles. The van der Waals surface area contributed by atoms with Gasteiger partial charge in [-0.3, -0.25) is 0 Å². The van der Waals surface area contributed by atoms with Gasteiger partial charge in [-0.05, 0) is 29.2 Å². The van der Waals surface area contributed by atoms with Crippen LogP contribution in [0.5, 0.6) is 0 Å². The summed E-state index contributed by atoms with van der Waals surface area (Å²) < 4.78 is 0. The molecule has 0 unspecified atom stereocenters. The van der Waals surface area contributed by atoms with E-state index in [4.69, 9.17) is 10.5 Å². The van der Waals surface area contributed by atoms with Crippen LogP contribution in [0.3, 0.4) is 0 Å². The molecule has 0 aliphatic carbocycles. The van der Waals surface area contributed by atoms with E-state index in [2.05, 4.69) is 12.1 Å². The summed E-state index contributed by atoms with van der Waals surface area (Å²) in [4.78, 5) is 0. The van der Waals surface area contributed by atoms with Crippen LogP contribution in [0.2, 0.25) is 0 Å². The summed E-state index contributed by atoms with van der Waals surface area (Å²) in [5.74, 6) is 0. The van der Waals surface area contributed by atoms with Crippen LogP contribution in [0.1, 0.15) is 37.5 Å². The molecule has 0 aromatic heterocycles. The third kappa shape index (κ3) is 1.92. The van der Waals surface area contributed by atoms with E-state index in [-0.39, 0.29) is 5.41 Å². The average Bonchev–Trinajstić information content (AvgIpc) is 2.15. The Hall–Kier alpha value is -1.80. The Balaban J connectivity index is 3.41. The average molecular weight is 184 g/mol. The third-order valence-corrected chi connectivity index (χ3v) is 2.08. The first-order chi connectivity index (χ1) is 6.49. The quantitative estimate of drug-likeness (QED) is 0.622. The van der Waals surface area contributed by atoms with Gasteiger partial charge in [0.25, 0.3) is 0 Å². The zero-order chi connectivity index (χ0) is 10.8. The van der Waals surface area contributed by atoms with Crippen LogP contribution in [-0.4, -0.2) is 0 Å². The van der Waals surface area contributed by atoms with Crippen LogP contribution in [0, 0.1) is 22.7 Å². The molecule has 14 heavy (non-hydrogen) atoms. The SMILES string of the molecule is CC(C)(C)c1cc(C#N)ccc1C#N. The van der Waals surface area contributed by atoms with Crippen molar-refractivity contribution >= 4 is 0 Å². The summed E-state index contributed by atoms with van der Waals surface area (Å²) in [5.41, 5.74) is 2.09. The van der Waals surface area contributed by atoms with Gasteiger partial charge >= 0.3 is 0 Å². The lowest BCUT2D eigenvalue weighted by atomic mass is 9.83. The van der Waals surface area contributed by atoms with Crippen LogP contribution in [0.25, 0.3) is 0 Å². The number of hydrogen-bond donors (Lipinski definition) is 0. The van der Waals surface area contributed by atoms with E-state index in [1.807, 2.05) is 20.8 Å². The number of nitriles is 2. The lowest BCUT2D eigenvalue weighted by molar-refractivity contribution is 0.588. The number of nitrogens with zero attached hydrogens (tertiary/aromatic N) is 2. The van der Waals surface area contributed by atoms with Crippen molar-refractivity contribution in [1.82, 2.24) is 0 Å². The minimum atomic E-state index is -0.0993. The maximum Gasteiger partial charge on any atom is 0.0994 e. The van der Waals surface area contributed by atoms with E-state index in [1.165, 1.54) is 0 Å². The van der Waals surface area contributed by atoms with Crippen molar-refractivity contribution in [3.05, 3.63) is 34.9 Å². The van der Waals surface area contributed by atoms with E-state index in [9.17, 15) is 0 Å². The van der Waals surface area contributed by atoms with Gasteiger partial charge in [-0.1, -0.05) is 20.8 Å². The minimum absolute atomic E-state index is 0.0993. The zero-order valence-corrected chi connectivity index (χ0v) is 8.63. The fourth-order valence-electron chi connectivity index (χ4n) is 1.33. The van der Waals surface area contributed by atoms with Crippen molar-refractivity contribution in [3.63, 3.8) is 0 Å². The highest BCUT2D eigenvalue weighted by Crippen LogP contribution is 2.26. The molecular formula is C12H12N2. The van der Waals surface area contributed by atoms with Gasteiger partial charge in [-0.2, -0.15) is 10.5 Å². The highest BCUT2D eigenvalue weighted by molar-refractivity contribution is 5.46. The summed E-state index contributed by atoms with van der Waals surface area (Å²) in [6.07, 6.45) is 0. The predicted octanol–water partition coefficient (Wildman–Crippen LogP) is 2.73. The Kier molecular flexibility index (Phi) is 2.58. The van der Waals surface area contributed by atoms with E-state index in [0.717, 1.165) is 5.56 Å². The lowest BCUT2D eigenvalue weighted by Gasteiger charge is -2.20. The van der Waals surface area contributed by atoms with Crippen molar-refractivity contribution in [2.75, 3.05) is 0 Å². The Morgan fingerprint density at radius 2 is 1.71 bits per heavy atom.